The molecule has 0 fully saturated rings. The Kier molecular flexibility index (Phi) is 7.54. The number of pyridine rings is 1. The molecule has 0 aliphatic rings. The van der Waals surface area contributed by atoms with Gasteiger partial charge in [-0.15, -0.1) is 0 Å². The maximum Gasteiger partial charge on any atom is 0.271 e. The summed E-state index contributed by atoms with van der Waals surface area (Å²) in [5, 5.41) is 0. The average molecular weight is 407 g/mol. The number of rotatable bonds is 9. The van der Waals surface area contributed by atoms with Crippen LogP contribution in [0.1, 0.15) is 53.3 Å². The number of ether oxygens (including phenoxy) is 1. The van der Waals surface area contributed by atoms with E-state index >= 15 is 0 Å². The first kappa shape index (κ1) is 21.0. The van der Waals surface area contributed by atoms with E-state index in [4.69, 9.17) is 4.74 Å². The molecular weight excluding hydrogens is 382 g/mol. The second-order valence-corrected chi connectivity index (χ2v) is 6.72. The monoisotopic (exact) mass is 407 g/mol. The third-order valence-electron chi connectivity index (χ3n) is 4.45. The molecule has 3 rings (SSSR count). The number of imidazole rings is 1. The molecule has 1 aromatic carbocycles. The molecule has 2 amide bonds. The first-order valence-electron chi connectivity index (χ1n) is 9.95. The molecular formula is C22H25N5O3. The van der Waals surface area contributed by atoms with E-state index in [0.29, 0.717) is 23.6 Å². The molecule has 2 aromatic heterocycles. The molecule has 0 spiro atoms. The fraction of sp³-hybridized carbons (Fsp3) is 0.273. The van der Waals surface area contributed by atoms with Crippen molar-refractivity contribution in [1.29, 1.82) is 0 Å². The van der Waals surface area contributed by atoms with E-state index in [2.05, 4.69) is 27.7 Å². The Hall–Kier alpha value is -3.68. The van der Waals surface area contributed by atoms with E-state index in [0.717, 1.165) is 18.6 Å². The van der Waals surface area contributed by atoms with Crippen LogP contribution in [0, 0.1) is 0 Å². The summed E-state index contributed by atoms with van der Waals surface area (Å²) >= 11 is 0. The highest BCUT2D eigenvalue weighted by Crippen LogP contribution is 2.13. The minimum Gasteiger partial charge on any atom is -0.494 e. The second kappa shape index (κ2) is 10.8. The Bertz CT molecular complexity index is 938. The van der Waals surface area contributed by atoms with Crippen LogP contribution in [0.25, 0.3) is 5.82 Å². The molecule has 8 heteroatoms. The zero-order valence-electron chi connectivity index (χ0n) is 16.9. The predicted octanol–water partition coefficient (Wildman–Crippen LogP) is 3.30. The third-order valence-corrected chi connectivity index (χ3v) is 4.45. The molecule has 0 aliphatic carbocycles. The lowest BCUT2D eigenvalue weighted by atomic mass is 10.2. The van der Waals surface area contributed by atoms with Gasteiger partial charge in [0.05, 0.1) is 12.2 Å². The fourth-order valence-electron chi connectivity index (χ4n) is 2.75. The second-order valence-electron chi connectivity index (χ2n) is 6.72. The Morgan fingerprint density at radius 2 is 1.70 bits per heavy atom. The Balaban J connectivity index is 1.46. The molecule has 0 radical (unpaired) electrons. The lowest BCUT2D eigenvalue weighted by Crippen LogP contribution is -2.41. The van der Waals surface area contributed by atoms with Crippen LogP contribution in [0.15, 0.2) is 61.3 Å². The lowest BCUT2D eigenvalue weighted by Gasteiger charge is -2.09. The smallest absolute Gasteiger partial charge is 0.271 e. The summed E-state index contributed by atoms with van der Waals surface area (Å²) in [4.78, 5) is 32.6. The van der Waals surface area contributed by atoms with Gasteiger partial charge in [-0.3, -0.25) is 25.0 Å². The zero-order valence-corrected chi connectivity index (χ0v) is 16.9. The Morgan fingerprint density at radius 3 is 2.33 bits per heavy atom. The van der Waals surface area contributed by atoms with Gasteiger partial charge in [0.15, 0.2) is 0 Å². The highest BCUT2D eigenvalue weighted by Gasteiger charge is 2.10. The van der Waals surface area contributed by atoms with Gasteiger partial charge in [0.2, 0.25) is 0 Å². The van der Waals surface area contributed by atoms with E-state index in [9.17, 15) is 9.59 Å². The topological polar surface area (TPSA) is 98.1 Å². The number of amides is 2. The summed E-state index contributed by atoms with van der Waals surface area (Å²) in [6.07, 6.45) is 11.0. The number of benzene rings is 1. The fourth-order valence-corrected chi connectivity index (χ4v) is 2.75. The minimum atomic E-state index is -0.458. The number of unbranched alkanes of at least 4 members (excludes halogenated alkanes) is 3. The van der Waals surface area contributed by atoms with Gasteiger partial charge in [-0.2, -0.15) is 0 Å². The van der Waals surface area contributed by atoms with Crippen molar-refractivity contribution in [3.63, 3.8) is 0 Å². The summed E-state index contributed by atoms with van der Waals surface area (Å²) < 4.78 is 7.39. The maximum atomic E-state index is 12.2. The van der Waals surface area contributed by atoms with E-state index < -0.39 is 11.8 Å². The molecule has 2 N–H and O–H groups in total. The van der Waals surface area contributed by atoms with Gasteiger partial charge in [0.25, 0.3) is 11.8 Å². The largest absolute Gasteiger partial charge is 0.494 e. The number of nitrogens with zero attached hydrogens (tertiary/aromatic N) is 3. The molecule has 8 nitrogen and oxygen atoms in total. The lowest BCUT2D eigenvalue weighted by molar-refractivity contribution is 0.0846. The molecule has 0 saturated carbocycles. The SMILES string of the molecule is CCCCCCOc1ccc(C(=O)NNC(=O)c2ccc(-n3ccnc3)nc2)cc1. The van der Waals surface area contributed by atoms with Crippen molar-refractivity contribution in [2.75, 3.05) is 6.61 Å². The van der Waals surface area contributed by atoms with Gasteiger partial charge in [0.1, 0.15) is 17.9 Å². The van der Waals surface area contributed by atoms with Gasteiger partial charge in [-0.1, -0.05) is 26.2 Å². The molecule has 0 bridgehead atoms. The van der Waals surface area contributed by atoms with E-state index in [-0.39, 0.29) is 0 Å². The van der Waals surface area contributed by atoms with Crippen LogP contribution in [-0.4, -0.2) is 33.0 Å². The molecule has 156 valence electrons. The first-order chi connectivity index (χ1) is 14.7. The molecule has 0 saturated heterocycles. The minimum absolute atomic E-state index is 0.325. The summed E-state index contributed by atoms with van der Waals surface area (Å²) in [7, 11) is 0. The van der Waals surface area contributed by atoms with Gasteiger partial charge < -0.3 is 4.74 Å². The molecule has 2 heterocycles. The van der Waals surface area contributed by atoms with Crippen molar-refractivity contribution in [3.05, 3.63) is 72.4 Å². The summed E-state index contributed by atoms with van der Waals surface area (Å²) in [6, 6.07) is 10.1. The number of carbonyl (C=O) groups excluding carboxylic acids is 2. The van der Waals surface area contributed by atoms with Crippen molar-refractivity contribution in [1.82, 2.24) is 25.4 Å². The standard InChI is InChI=1S/C22H25N5O3/c1-2-3-4-5-14-30-19-9-6-17(7-10-19)21(28)25-26-22(29)18-8-11-20(24-15-18)27-13-12-23-16-27/h6-13,15-16H,2-5,14H2,1H3,(H,25,28)(H,26,29). The first-order valence-corrected chi connectivity index (χ1v) is 9.95. The summed E-state index contributed by atoms with van der Waals surface area (Å²) in [5.41, 5.74) is 5.54. The molecule has 0 aliphatic heterocycles. The van der Waals surface area contributed by atoms with E-state index in [1.165, 1.54) is 19.0 Å². The van der Waals surface area contributed by atoms with Crippen LogP contribution in [-0.2, 0) is 0 Å². The molecule has 3 aromatic rings. The quantitative estimate of drug-likeness (QED) is 0.419. The van der Waals surface area contributed by atoms with Crippen LogP contribution in [0.3, 0.4) is 0 Å². The van der Waals surface area contributed by atoms with Gasteiger partial charge in [-0.05, 0) is 42.8 Å². The number of hydrogen-bond donors (Lipinski definition) is 2. The number of aromatic nitrogens is 3. The average Bonchev–Trinajstić information content (AvgIpc) is 3.33. The predicted molar refractivity (Wildman–Crippen MR) is 112 cm³/mol. The summed E-state index contributed by atoms with van der Waals surface area (Å²) in [5.74, 6) is 0.484. The van der Waals surface area contributed by atoms with Crippen molar-refractivity contribution in [2.24, 2.45) is 0 Å². The van der Waals surface area contributed by atoms with Gasteiger partial charge >= 0.3 is 0 Å². The Labute approximate surface area is 175 Å². The van der Waals surface area contributed by atoms with Gasteiger partial charge in [0, 0.05) is 24.2 Å². The normalized spacial score (nSPS) is 10.4. The molecule has 30 heavy (non-hydrogen) atoms. The van der Waals surface area contributed by atoms with Crippen LogP contribution in [0.5, 0.6) is 5.75 Å². The van der Waals surface area contributed by atoms with Crippen LogP contribution in [0.2, 0.25) is 0 Å². The van der Waals surface area contributed by atoms with Crippen molar-refractivity contribution >= 4 is 11.8 Å². The van der Waals surface area contributed by atoms with Crippen molar-refractivity contribution in [3.8, 4) is 11.6 Å². The van der Waals surface area contributed by atoms with Crippen molar-refractivity contribution < 1.29 is 14.3 Å². The molecule has 0 atom stereocenters. The van der Waals surface area contributed by atoms with E-state index in [1.54, 1.807) is 59.7 Å². The number of carbonyl (C=O) groups is 2. The zero-order chi connectivity index (χ0) is 21.2. The highest BCUT2D eigenvalue weighted by molar-refractivity contribution is 5.99. The van der Waals surface area contributed by atoms with Crippen molar-refractivity contribution in [2.45, 2.75) is 32.6 Å². The molecule has 0 unspecified atom stereocenters. The number of nitrogens with one attached hydrogen (secondary N) is 2. The third kappa shape index (κ3) is 5.91. The number of hydrogen-bond acceptors (Lipinski definition) is 5. The van der Waals surface area contributed by atoms with Crippen LogP contribution < -0.4 is 15.6 Å². The maximum absolute atomic E-state index is 12.2. The summed E-state index contributed by atoms with van der Waals surface area (Å²) in [6.45, 7) is 2.83. The van der Waals surface area contributed by atoms with Crippen LogP contribution in [0.4, 0.5) is 0 Å². The van der Waals surface area contributed by atoms with Crippen LogP contribution >= 0.6 is 0 Å². The Morgan fingerprint density at radius 1 is 0.967 bits per heavy atom. The highest BCUT2D eigenvalue weighted by atomic mass is 16.5. The van der Waals surface area contributed by atoms with E-state index in [1.807, 2.05) is 0 Å². The van der Waals surface area contributed by atoms with Gasteiger partial charge in [-0.25, -0.2) is 9.97 Å². The number of hydrazine groups is 1.